The predicted molar refractivity (Wildman–Crippen MR) is 60.1 cm³/mol. The zero-order chi connectivity index (χ0) is 10.5. The van der Waals surface area contributed by atoms with E-state index < -0.39 is 0 Å². The summed E-state index contributed by atoms with van der Waals surface area (Å²) in [5.74, 6) is -0.169. The minimum absolute atomic E-state index is 0.169. The van der Waals surface area contributed by atoms with Crippen molar-refractivity contribution in [2.24, 2.45) is 0 Å². The van der Waals surface area contributed by atoms with E-state index in [-0.39, 0.29) is 5.82 Å². The molecule has 0 spiro atoms. The molecule has 1 aromatic carbocycles. The second-order valence-corrected chi connectivity index (χ2v) is 4.43. The van der Waals surface area contributed by atoms with Crippen molar-refractivity contribution in [2.45, 2.75) is 13.1 Å². The second-order valence-electron chi connectivity index (χ2n) is 3.40. The van der Waals surface area contributed by atoms with Gasteiger partial charge in [0.05, 0.1) is 4.88 Å². The quantitative estimate of drug-likeness (QED) is 0.816. The van der Waals surface area contributed by atoms with Crippen LogP contribution in [0.2, 0.25) is 0 Å². The number of halogens is 1. The Hall–Kier alpha value is -1.19. The molecule has 0 aliphatic heterocycles. The van der Waals surface area contributed by atoms with Crippen molar-refractivity contribution in [3.8, 4) is 0 Å². The second kappa shape index (κ2) is 5.05. The van der Waals surface area contributed by atoms with Gasteiger partial charge in [0, 0.05) is 5.56 Å². The molecule has 0 amide bonds. The van der Waals surface area contributed by atoms with E-state index in [1.165, 1.54) is 17.0 Å². The molecule has 0 unspecified atom stereocenters. The van der Waals surface area contributed by atoms with E-state index in [4.69, 9.17) is 0 Å². The fourth-order valence-corrected chi connectivity index (χ4v) is 2.13. The van der Waals surface area contributed by atoms with Crippen LogP contribution in [0.5, 0.6) is 0 Å². The smallest absolute Gasteiger partial charge is 0.123 e. The molecule has 2 N–H and O–H groups in total. The highest BCUT2D eigenvalue weighted by molar-refractivity contribution is 7.09. The Morgan fingerprint density at radius 2 is 1.87 bits per heavy atom. The predicted octanol–water partition coefficient (Wildman–Crippen LogP) is 2.15. The molecule has 15 heavy (non-hydrogen) atoms. The number of nitrogens with two attached hydrogens (primary N) is 1. The molecular formula is C12H13FNS+. The molecule has 1 heterocycles. The van der Waals surface area contributed by atoms with E-state index in [1.807, 2.05) is 12.1 Å². The number of quaternary nitrogens is 1. The standard InChI is InChI=1S/C12H12FNS/c13-11-5-3-10(4-6-11)8-14-9-12-2-1-7-15-12/h1-7,14H,8-9H2/p+1. The molecule has 0 saturated carbocycles. The SMILES string of the molecule is Fc1ccc(C[NH2+]Cc2cccs2)cc1. The lowest BCUT2D eigenvalue weighted by Gasteiger charge is -2.00. The molecule has 0 fully saturated rings. The molecule has 2 aromatic rings. The topological polar surface area (TPSA) is 16.6 Å². The van der Waals surface area contributed by atoms with E-state index in [0.717, 1.165) is 18.7 Å². The first-order valence-electron chi connectivity index (χ1n) is 4.93. The van der Waals surface area contributed by atoms with Crippen LogP contribution in [-0.4, -0.2) is 0 Å². The minimum Gasteiger partial charge on any atom is -0.338 e. The van der Waals surface area contributed by atoms with Crippen molar-refractivity contribution in [2.75, 3.05) is 0 Å². The van der Waals surface area contributed by atoms with Crippen LogP contribution in [0, 0.1) is 5.82 Å². The van der Waals surface area contributed by atoms with Crippen molar-refractivity contribution < 1.29 is 9.71 Å². The average molecular weight is 222 g/mol. The Bertz CT molecular complexity index is 394. The van der Waals surface area contributed by atoms with E-state index in [0.29, 0.717) is 0 Å². The molecule has 78 valence electrons. The Balaban J connectivity index is 1.81. The van der Waals surface area contributed by atoms with Crippen LogP contribution < -0.4 is 5.32 Å². The van der Waals surface area contributed by atoms with Gasteiger partial charge < -0.3 is 5.32 Å². The lowest BCUT2D eigenvalue weighted by molar-refractivity contribution is -0.685. The van der Waals surface area contributed by atoms with Crippen molar-refractivity contribution >= 4 is 11.3 Å². The number of rotatable bonds is 4. The minimum atomic E-state index is -0.169. The molecule has 0 aliphatic rings. The van der Waals surface area contributed by atoms with Crippen LogP contribution in [0.25, 0.3) is 0 Å². The number of thiophene rings is 1. The summed E-state index contributed by atoms with van der Waals surface area (Å²) < 4.78 is 12.6. The normalized spacial score (nSPS) is 10.5. The third-order valence-corrected chi connectivity index (χ3v) is 3.12. The summed E-state index contributed by atoms with van der Waals surface area (Å²) >= 11 is 1.77. The van der Waals surface area contributed by atoms with Crippen molar-refractivity contribution in [1.82, 2.24) is 0 Å². The molecule has 1 aromatic heterocycles. The molecule has 0 radical (unpaired) electrons. The summed E-state index contributed by atoms with van der Waals surface area (Å²) in [7, 11) is 0. The summed E-state index contributed by atoms with van der Waals surface area (Å²) in [5.41, 5.74) is 1.16. The maximum atomic E-state index is 12.6. The summed E-state index contributed by atoms with van der Waals surface area (Å²) in [6.45, 7) is 1.90. The monoisotopic (exact) mass is 222 g/mol. The summed E-state index contributed by atoms with van der Waals surface area (Å²) in [6, 6.07) is 10.9. The summed E-state index contributed by atoms with van der Waals surface area (Å²) in [5, 5.41) is 4.31. The average Bonchev–Trinajstić information content (AvgIpc) is 2.74. The zero-order valence-corrected chi connectivity index (χ0v) is 9.14. The van der Waals surface area contributed by atoms with Crippen LogP contribution >= 0.6 is 11.3 Å². The molecule has 0 saturated heterocycles. The number of benzene rings is 1. The Kier molecular flexibility index (Phi) is 3.48. The largest absolute Gasteiger partial charge is 0.338 e. The van der Waals surface area contributed by atoms with E-state index in [2.05, 4.69) is 22.8 Å². The van der Waals surface area contributed by atoms with Gasteiger partial charge in [-0.2, -0.15) is 0 Å². The molecule has 3 heteroatoms. The fourth-order valence-electron chi connectivity index (χ4n) is 1.43. The molecule has 1 nitrogen and oxygen atoms in total. The Labute approximate surface area is 92.6 Å². The third kappa shape index (κ3) is 3.15. The molecular weight excluding hydrogens is 209 g/mol. The Morgan fingerprint density at radius 1 is 1.07 bits per heavy atom. The lowest BCUT2D eigenvalue weighted by Crippen LogP contribution is -2.80. The zero-order valence-electron chi connectivity index (χ0n) is 8.32. The lowest BCUT2D eigenvalue weighted by atomic mass is 10.2. The Morgan fingerprint density at radius 3 is 2.53 bits per heavy atom. The van der Waals surface area contributed by atoms with Crippen LogP contribution in [0.3, 0.4) is 0 Å². The van der Waals surface area contributed by atoms with Crippen molar-refractivity contribution in [3.05, 3.63) is 58.0 Å². The van der Waals surface area contributed by atoms with E-state index in [9.17, 15) is 4.39 Å². The van der Waals surface area contributed by atoms with Gasteiger partial charge in [-0.1, -0.05) is 18.2 Å². The first-order valence-corrected chi connectivity index (χ1v) is 5.81. The fraction of sp³-hybridized carbons (Fsp3) is 0.167. The highest BCUT2D eigenvalue weighted by Crippen LogP contribution is 2.06. The van der Waals surface area contributed by atoms with Gasteiger partial charge in [-0.3, -0.25) is 0 Å². The van der Waals surface area contributed by atoms with Crippen molar-refractivity contribution in [1.29, 1.82) is 0 Å². The van der Waals surface area contributed by atoms with Gasteiger partial charge >= 0.3 is 0 Å². The van der Waals surface area contributed by atoms with Gasteiger partial charge in [-0.05, 0) is 23.6 Å². The first-order chi connectivity index (χ1) is 7.34. The van der Waals surface area contributed by atoms with Crippen LogP contribution in [0.1, 0.15) is 10.4 Å². The van der Waals surface area contributed by atoms with Crippen molar-refractivity contribution in [3.63, 3.8) is 0 Å². The molecule has 0 atom stereocenters. The van der Waals surface area contributed by atoms with Gasteiger partial charge in [0.15, 0.2) is 0 Å². The van der Waals surface area contributed by atoms with E-state index >= 15 is 0 Å². The highest BCUT2D eigenvalue weighted by Gasteiger charge is 1.98. The maximum Gasteiger partial charge on any atom is 0.123 e. The first kappa shape index (κ1) is 10.3. The summed E-state index contributed by atoms with van der Waals surface area (Å²) in [4.78, 5) is 1.37. The van der Waals surface area contributed by atoms with Gasteiger partial charge in [0.25, 0.3) is 0 Å². The number of hydrogen-bond donors (Lipinski definition) is 1. The van der Waals surface area contributed by atoms with Crippen LogP contribution in [0.15, 0.2) is 41.8 Å². The van der Waals surface area contributed by atoms with Gasteiger partial charge in [-0.25, -0.2) is 4.39 Å². The molecule has 2 rings (SSSR count). The highest BCUT2D eigenvalue weighted by atomic mass is 32.1. The van der Waals surface area contributed by atoms with E-state index in [1.54, 1.807) is 11.3 Å². The maximum absolute atomic E-state index is 12.6. The third-order valence-electron chi connectivity index (χ3n) is 2.22. The number of hydrogen-bond acceptors (Lipinski definition) is 1. The molecule has 0 aliphatic carbocycles. The van der Waals surface area contributed by atoms with Gasteiger partial charge in [-0.15, -0.1) is 11.3 Å². The van der Waals surface area contributed by atoms with Gasteiger partial charge in [0.1, 0.15) is 18.9 Å². The van der Waals surface area contributed by atoms with Gasteiger partial charge in [0.2, 0.25) is 0 Å². The molecule has 0 bridgehead atoms. The summed E-state index contributed by atoms with van der Waals surface area (Å²) in [6.07, 6.45) is 0. The van der Waals surface area contributed by atoms with Crippen LogP contribution in [-0.2, 0) is 13.1 Å². The van der Waals surface area contributed by atoms with Crippen LogP contribution in [0.4, 0.5) is 4.39 Å².